The summed E-state index contributed by atoms with van der Waals surface area (Å²) < 4.78 is 6.13. The van der Waals surface area contributed by atoms with Crippen LogP contribution in [0.1, 0.15) is 37.4 Å². The topological polar surface area (TPSA) is 24.8 Å². The molecule has 2 heterocycles. The SMILES string of the molecule is CC1(C)Oc2c(Cl)cc(Cl)cc2[C@H]2CC(c3ccccc3)=NN21. The summed E-state index contributed by atoms with van der Waals surface area (Å²) in [4.78, 5) is 0. The maximum absolute atomic E-state index is 6.35. The van der Waals surface area contributed by atoms with Crippen molar-refractivity contribution in [1.82, 2.24) is 5.01 Å². The van der Waals surface area contributed by atoms with Crippen molar-refractivity contribution < 1.29 is 4.74 Å². The van der Waals surface area contributed by atoms with Crippen molar-refractivity contribution >= 4 is 28.9 Å². The van der Waals surface area contributed by atoms with Crippen molar-refractivity contribution in [2.75, 3.05) is 0 Å². The summed E-state index contributed by atoms with van der Waals surface area (Å²) in [6.07, 6.45) is 0.806. The van der Waals surface area contributed by atoms with Gasteiger partial charge in [-0.15, -0.1) is 0 Å². The largest absolute Gasteiger partial charge is 0.465 e. The van der Waals surface area contributed by atoms with Crippen molar-refractivity contribution in [2.24, 2.45) is 5.10 Å². The highest BCUT2D eigenvalue weighted by Crippen LogP contribution is 2.49. The quantitative estimate of drug-likeness (QED) is 0.702. The van der Waals surface area contributed by atoms with Gasteiger partial charge in [0, 0.05) is 17.0 Å². The van der Waals surface area contributed by atoms with E-state index in [0.29, 0.717) is 15.8 Å². The molecule has 0 unspecified atom stereocenters. The molecule has 3 nitrogen and oxygen atoms in total. The summed E-state index contributed by atoms with van der Waals surface area (Å²) in [5.74, 6) is 0.715. The van der Waals surface area contributed by atoms with Crippen LogP contribution in [0.2, 0.25) is 10.0 Å². The highest BCUT2D eigenvalue weighted by Gasteiger charge is 2.45. The molecule has 0 bridgehead atoms. The van der Waals surface area contributed by atoms with Gasteiger partial charge in [-0.2, -0.15) is 5.10 Å². The van der Waals surface area contributed by atoms with Crippen LogP contribution < -0.4 is 4.74 Å². The lowest BCUT2D eigenvalue weighted by atomic mass is 9.95. The molecule has 0 fully saturated rings. The fraction of sp³-hybridized carbons (Fsp3) is 0.278. The van der Waals surface area contributed by atoms with E-state index < -0.39 is 5.72 Å². The number of benzene rings is 2. The highest BCUT2D eigenvalue weighted by molar-refractivity contribution is 6.35. The van der Waals surface area contributed by atoms with E-state index in [4.69, 9.17) is 33.0 Å². The van der Waals surface area contributed by atoms with E-state index in [9.17, 15) is 0 Å². The zero-order valence-electron chi connectivity index (χ0n) is 12.9. The Hall–Kier alpha value is -1.71. The molecular formula is C18H16Cl2N2O. The molecule has 2 aromatic carbocycles. The molecule has 0 aliphatic carbocycles. The van der Waals surface area contributed by atoms with Gasteiger partial charge in [-0.3, -0.25) is 0 Å². The first-order valence-electron chi connectivity index (χ1n) is 7.56. The lowest BCUT2D eigenvalue weighted by Crippen LogP contribution is -2.48. The molecule has 0 saturated carbocycles. The summed E-state index contributed by atoms with van der Waals surface area (Å²) in [5, 5.41) is 8.01. The molecule has 23 heavy (non-hydrogen) atoms. The molecule has 2 aliphatic heterocycles. The molecular weight excluding hydrogens is 331 g/mol. The molecule has 0 N–H and O–H groups in total. The average molecular weight is 347 g/mol. The van der Waals surface area contributed by atoms with Gasteiger partial charge in [0.2, 0.25) is 0 Å². The Morgan fingerprint density at radius 3 is 2.65 bits per heavy atom. The lowest BCUT2D eigenvalue weighted by Gasteiger charge is -2.44. The number of ether oxygens (including phenoxy) is 1. The summed E-state index contributed by atoms with van der Waals surface area (Å²) in [6.45, 7) is 4.01. The minimum Gasteiger partial charge on any atom is -0.465 e. The Labute approximate surface area is 145 Å². The highest BCUT2D eigenvalue weighted by atomic mass is 35.5. The van der Waals surface area contributed by atoms with Gasteiger partial charge in [-0.25, -0.2) is 5.01 Å². The zero-order chi connectivity index (χ0) is 16.2. The van der Waals surface area contributed by atoms with Crippen molar-refractivity contribution in [1.29, 1.82) is 0 Å². The third-order valence-electron chi connectivity index (χ3n) is 4.32. The second-order valence-electron chi connectivity index (χ2n) is 6.33. The molecule has 5 heteroatoms. The first-order chi connectivity index (χ1) is 11.0. The maximum Gasteiger partial charge on any atom is 0.192 e. The average Bonchev–Trinajstić information content (AvgIpc) is 2.96. The van der Waals surface area contributed by atoms with Crippen LogP contribution in [-0.2, 0) is 0 Å². The number of nitrogens with zero attached hydrogens (tertiary/aromatic N) is 2. The molecule has 0 aromatic heterocycles. The van der Waals surface area contributed by atoms with Crippen LogP contribution in [0.3, 0.4) is 0 Å². The minimum absolute atomic E-state index is 0.0835. The third kappa shape index (κ3) is 2.39. The van der Waals surface area contributed by atoms with Crippen LogP contribution >= 0.6 is 23.2 Å². The molecule has 0 radical (unpaired) electrons. The van der Waals surface area contributed by atoms with Crippen molar-refractivity contribution in [3.05, 3.63) is 63.6 Å². The standard InChI is InChI=1S/C18H16Cl2N2O/c1-18(2)22-16(10-15(21-22)11-6-4-3-5-7-11)13-8-12(19)9-14(20)17(13)23-18/h3-9,16H,10H2,1-2H3/t16-/m1/s1. The second-order valence-corrected chi connectivity index (χ2v) is 7.18. The van der Waals surface area contributed by atoms with Gasteiger partial charge in [0.15, 0.2) is 5.72 Å². The van der Waals surface area contributed by atoms with Crippen LogP contribution in [0, 0.1) is 0 Å². The van der Waals surface area contributed by atoms with E-state index >= 15 is 0 Å². The fourth-order valence-electron chi connectivity index (χ4n) is 3.29. The van der Waals surface area contributed by atoms with Crippen LogP contribution in [0.25, 0.3) is 0 Å². The van der Waals surface area contributed by atoms with E-state index in [2.05, 4.69) is 12.1 Å². The summed E-state index contributed by atoms with van der Waals surface area (Å²) in [7, 11) is 0. The third-order valence-corrected chi connectivity index (χ3v) is 4.82. The van der Waals surface area contributed by atoms with E-state index in [1.54, 1.807) is 6.07 Å². The van der Waals surface area contributed by atoms with Gasteiger partial charge < -0.3 is 4.74 Å². The Balaban J connectivity index is 1.82. The van der Waals surface area contributed by atoms with E-state index in [1.807, 2.05) is 43.1 Å². The number of hydrogen-bond donors (Lipinski definition) is 0. The predicted molar refractivity (Wildman–Crippen MR) is 93.3 cm³/mol. The molecule has 0 saturated heterocycles. The summed E-state index contributed by atoms with van der Waals surface area (Å²) in [5.41, 5.74) is 2.62. The minimum atomic E-state index is -0.564. The predicted octanol–water partition coefficient (Wildman–Crippen LogP) is 5.27. The molecule has 2 aliphatic rings. The molecule has 118 valence electrons. The Morgan fingerprint density at radius 1 is 1.17 bits per heavy atom. The number of hydrazone groups is 1. The van der Waals surface area contributed by atoms with Crippen molar-refractivity contribution in [3.63, 3.8) is 0 Å². The molecule has 4 rings (SSSR count). The van der Waals surface area contributed by atoms with Crippen LogP contribution in [0.5, 0.6) is 5.75 Å². The van der Waals surface area contributed by atoms with Crippen molar-refractivity contribution in [3.8, 4) is 5.75 Å². The maximum atomic E-state index is 6.35. The first kappa shape index (κ1) is 14.9. The zero-order valence-corrected chi connectivity index (χ0v) is 14.4. The van der Waals surface area contributed by atoms with Gasteiger partial charge in [-0.05, 0) is 31.5 Å². The Morgan fingerprint density at radius 2 is 1.91 bits per heavy atom. The summed E-state index contributed by atoms with van der Waals surface area (Å²) >= 11 is 12.6. The molecule has 0 spiro atoms. The molecule has 0 amide bonds. The smallest absolute Gasteiger partial charge is 0.192 e. The number of hydrogen-bond acceptors (Lipinski definition) is 3. The second kappa shape index (κ2) is 5.15. The number of rotatable bonds is 1. The van der Waals surface area contributed by atoms with Crippen LogP contribution in [-0.4, -0.2) is 16.4 Å². The van der Waals surface area contributed by atoms with Gasteiger partial charge in [-0.1, -0.05) is 53.5 Å². The Bertz CT molecular complexity index is 802. The lowest BCUT2D eigenvalue weighted by molar-refractivity contribution is -0.0910. The van der Waals surface area contributed by atoms with E-state index in [1.165, 1.54) is 0 Å². The number of fused-ring (bicyclic) bond motifs is 3. The van der Waals surface area contributed by atoms with E-state index in [0.717, 1.165) is 23.3 Å². The number of halogens is 2. The van der Waals surface area contributed by atoms with Crippen LogP contribution in [0.15, 0.2) is 47.6 Å². The van der Waals surface area contributed by atoms with Gasteiger partial charge >= 0.3 is 0 Å². The van der Waals surface area contributed by atoms with Crippen LogP contribution in [0.4, 0.5) is 0 Å². The van der Waals surface area contributed by atoms with Gasteiger partial charge in [0.1, 0.15) is 5.75 Å². The van der Waals surface area contributed by atoms with E-state index in [-0.39, 0.29) is 6.04 Å². The Kier molecular flexibility index (Phi) is 3.33. The van der Waals surface area contributed by atoms with Gasteiger partial charge in [0.05, 0.1) is 16.8 Å². The van der Waals surface area contributed by atoms with Gasteiger partial charge in [0.25, 0.3) is 0 Å². The fourth-order valence-corrected chi connectivity index (χ4v) is 3.83. The monoisotopic (exact) mass is 346 g/mol. The van der Waals surface area contributed by atoms with Crippen molar-refractivity contribution in [2.45, 2.75) is 32.0 Å². The molecule has 2 aromatic rings. The normalized spacial score (nSPS) is 21.3. The first-order valence-corrected chi connectivity index (χ1v) is 8.31. The summed E-state index contributed by atoms with van der Waals surface area (Å²) in [6, 6.07) is 14.0. The molecule has 1 atom stereocenters.